The maximum absolute atomic E-state index is 12.6. The topological polar surface area (TPSA) is 186 Å². The van der Waals surface area contributed by atoms with Crippen molar-refractivity contribution in [1.29, 1.82) is 0 Å². The lowest BCUT2D eigenvalue weighted by atomic mass is 10.1. The number of piperazine rings is 2. The molecular weight excluding hydrogens is 578 g/mol. The Bertz CT molecular complexity index is 965. The Morgan fingerprint density at radius 2 is 0.955 bits per heavy atom. The zero-order valence-corrected chi connectivity index (χ0v) is 27.4. The molecule has 0 aromatic heterocycles. The molecule has 2 rings (SSSR count). The molecule has 2 atom stereocenters. The van der Waals surface area contributed by atoms with Crippen molar-refractivity contribution in [1.82, 2.24) is 19.6 Å². The predicted molar refractivity (Wildman–Crippen MR) is 157 cm³/mol. The van der Waals surface area contributed by atoms with Crippen LogP contribution in [0.25, 0.3) is 0 Å². The quantitative estimate of drug-likeness (QED) is 0.195. The molecule has 2 unspecified atom stereocenters. The molecule has 2 fully saturated rings. The van der Waals surface area contributed by atoms with Crippen molar-refractivity contribution in [2.24, 2.45) is 17.6 Å². The fourth-order valence-corrected chi connectivity index (χ4v) is 4.26. The summed E-state index contributed by atoms with van der Waals surface area (Å²) in [7, 11) is 0. The average Bonchev–Trinajstić information content (AvgIpc) is 2.84. The molecule has 0 spiro atoms. The molecule has 0 bridgehead atoms. The van der Waals surface area contributed by atoms with Crippen molar-refractivity contribution in [2.75, 3.05) is 39.6 Å². The van der Waals surface area contributed by atoms with Gasteiger partial charge in [-0.05, 0) is 46.5 Å². The van der Waals surface area contributed by atoms with Gasteiger partial charge >= 0.3 is 18.0 Å². The highest BCUT2D eigenvalue weighted by Crippen LogP contribution is 2.18. The summed E-state index contributed by atoms with van der Waals surface area (Å²) >= 11 is 0. The molecule has 2 heterocycles. The highest BCUT2D eigenvalue weighted by molar-refractivity contribution is 6.00. The van der Waals surface area contributed by atoms with Crippen LogP contribution < -0.4 is 5.73 Å². The lowest BCUT2D eigenvalue weighted by molar-refractivity contribution is -0.169. The van der Waals surface area contributed by atoms with Crippen LogP contribution in [-0.4, -0.2) is 119 Å². The van der Waals surface area contributed by atoms with Crippen LogP contribution in [0.5, 0.6) is 0 Å². The molecule has 5 amide bonds. The minimum absolute atomic E-state index is 0.0629. The summed E-state index contributed by atoms with van der Waals surface area (Å²) < 4.78 is 14.7. The van der Waals surface area contributed by atoms with Crippen LogP contribution in [0.15, 0.2) is 0 Å². The van der Waals surface area contributed by atoms with Gasteiger partial charge in [0.05, 0.1) is 26.2 Å². The molecule has 15 nitrogen and oxygen atoms in total. The fourth-order valence-electron chi connectivity index (χ4n) is 4.26. The van der Waals surface area contributed by atoms with Gasteiger partial charge in [-0.1, -0.05) is 27.7 Å². The standard InChI is InChI=1S/C24H38N4O8.C5H11NO2/c1-15(2)7-23(33)35-13-27-19(29)9-25(10-20(27)30)17(5)18(6)26-11-21(31)28(22(32)12-26)14-36-24(34)8-16(3)4;1-5(2,3)8-4(6)7/h15-18H,7-14H2,1-6H3;1-3H3,(H2,6,7). The van der Waals surface area contributed by atoms with Crippen molar-refractivity contribution in [2.45, 2.75) is 92.8 Å². The molecule has 15 heteroatoms. The van der Waals surface area contributed by atoms with Crippen LogP contribution >= 0.6 is 0 Å². The number of esters is 2. The van der Waals surface area contributed by atoms with Gasteiger partial charge in [-0.3, -0.25) is 38.6 Å². The summed E-state index contributed by atoms with van der Waals surface area (Å²) in [5, 5.41) is 0. The number of rotatable bonds is 11. The van der Waals surface area contributed by atoms with Crippen molar-refractivity contribution in [3.63, 3.8) is 0 Å². The van der Waals surface area contributed by atoms with E-state index in [9.17, 15) is 33.6 Å². The molecule has 0 saturated carbocycles. The van der Waals surface area contributed by atoms with E-state index in [1.807, 2.05) is 41.5 Å². The molecule has 2 aliphatic heterocycles. The van der Waals surface area contributed by atoms with E-state index in [2.05, 4.69) is 4.74 Å². The van der Waals surface area contributed by atoms with Gasteiger partial charge in [0, 0.05) is 24.9 Å². The Kier molecular flexibility index (Phi) is 14.9. The molecule has 44 heavy (non-hydrogen) atoms. The number of carbonyl (C=O) groups is 7. The van der Waals surface area contributed by atoms with Crippen molar-refractivity contribution in [3.8, 4) is 0 Å². The third kappa shape index (κ3) is 13.4. The fraction of sp³-hybridized carbons (Fsp3) is 0.759. The number of hydrogen-bond acceptors (Lipinski definition) is 12. The van der Waals surface area contributed by atoms with Crippen LogP contribution in [0.1, 0.15) is 75.2 Å². The number of nitrogens with zero attached hydrogens (tertiary/aromatic N) is 4. The molecule has 0 aromatic rings. The van der Waals surface area contributed by atoms with Gasteiger partial charge in [0.1, 0.15) is 5.60 Å². The second kappa shape index (κ2) is 17.0. The number of imide groups is 2. The van der Waals surface area contributed by atoms with E-state index >= 15 is 0 Å². The van der Waals surface area contributed by atoms with E-state index in [1.54, 1.807) is 30.6 Å². The smallest absolute Gasteiger partial charge is 0.405 e. The zero-order valence-electron chi connectivity index (χ0n) is 27.4. The summed E-state index contributed by atoms with van der Waals surface area (Å²) in [6.07, 6.45) is -0.332. The van der Waals surface area contributed by atoms with Crippen molar-refractivity contribution in [3.05, 3.63) is 0 Å². The largest absolute Gasteiger partial charge is 0.444 e. The van der Waals surface area contributed by atoms with Gasteiger partial charge in [0.15, 0.2) is 13.5 Å². The van der Waals surface area contributed by atoms with Gasteiger partial charge in [-0.2, -0.15) is 0 Å². The second-order valence-corrected chi connectivity index (χ2v) is 12.7. The van der Waals surface area contributed by atoms with Crippen LogP contribution in [0, 0.1) is 11.8 Å². The molecule has 2 aliphatic rings. The number of amides is 5. The Balaban J connectivity index is 0.00000106. The number of hydrogen-bond donors (Lipinski definition) is 1. The summed E-state index contributed by atoms with van der Waals surface area (Å²) in [6, 6.07) is -0.667. The second-order valence-electron chi connectivity index (χ2n) is 12.7. The highest BCUT2D eigenvalue weighted by Gasteiger charge is 2.40. The maximum atomic E-state index is 12.6. The first-order chi connectivity index (χ1) is 20.2. The molecule has 0 radical (unpaired) electrons. The minimum atomic E-state index is -0.725. The molecule has 250 valence electrons. The first kappa shape index (κ1) is 38.4. The maximum Gasteiger partial charge on any atom is 0.405 e. The Morgan fingerprint density at radius 3 is 1.16 bits per heavy atom. The third-order valence-corrected chi connectivity index (χ3v) is 6.67. The number of ether oxygens (including phenoxy) is 3. The van der Waals surface area contributed by atoms with E-state index in [0.717, 1.165) is 9.80 Å². The number of primary amides is 1. The average molecular weight is 628 g/mol. The van der Waals surface area contributed by atoms with E-state index in [-0.39, 0.29) is 62.9 Å². The lowest BCUT2D eigenvalue weighted by Crippen LogP contribution is -2.63. The zero-order chi connectivity index (χ0) is 33.9. The SMILES string of the molecule is CC(C)(C)OC(N)=O.CC(C)CC(=O)OCN1C(=O)CN(C(C)C(C)N2CC(=O)N(COC(=O)CC(C)C)C(=O)C2)CC1=O. The monoisotopic (exact) mass is 627 g/mol. The van der Waals surface area contributed by atoms with Gasteiger partial charge in [0.2, 0.25) is 23.6 Å². The van der Waals surface area contributed by atoms with Crippen molar-refractivity contribution >= 4 is 41.7 Å². The van der Waals surface area contributed by atoms with Gasteiger partial charge in [-0.15, -0.1) is 0 Å². The van der Waals surface area contributed by atoms with E-state index < -0.39 is 60.7 Å². The third-order valence-electron chi connectivity index (χ3n) is 6.67. The van der Waals surface area contributed by atoms with Crippen LogP contribution in [-0.2, 0) is 43.0 Å². The Labute approximate surface area is 259 Å². The molecule has 2 N–H and O–H groups in total. The number of nitrogens with two attached hydrogens (primary N) is 1. The van der Waals surface area contributed by atoms with E-state index in [1.165, 1.54) is 0 Å². The Hall–Kier alpha value is -3.59. The predicted octanol–water partition coefficient (Wildman–Crippen LogP) is 1.08. The summed E-state index contributed by atoms with van der Waals surface area (Å²) in [4.78, 5) is 89.2. The number of carbonyl (C=O) groups excluding carboxylic acids is 7. The van der Waals surface area contributed by atoms with Gasteiger partial charge in [0.25, 0.3) is 0 Å². The molecule has 2 saturated heterocycles. The normalized spacial score (nSPS) is 18.2. The summed E-state index contributed by atoms with van der Waals surface area (Å²) in [6.45, 7) is 15.3. The first-order valence-corrected chi connectivity index (χ1v) is 14.7. The van der Waals surface area contributed by atoms with Crippen LogP contribution in [0.4, 0.5) is 4.79 Å². The van der Waals surface area contributed by atoms with Crippen molar-refractivity contribution < 1.29 is 47.8 Å². The summed E-state index contributed by atoms with van der Waals surface area (Å²) in [5.74, 6) is -2.68. The molecular formula is C29H49N5O10. The van der Waals surface area contributed by atoms with E-state index in [0.29, 0.717) is 0 Å². The minimum Gasteiger partial charge on any atom is -0.444 e. The van der Waals surface area contributed by atoms with Gasteiger partial charge < -0.3 is 19.9 Å². The van der Waals surface area contributed by atoms with Crippen LogP contribution in [0.3, 0.4) is 0 Å². The van der Waals surface area contributed by atoms with E-state index in [4.69, 9.17) is 15.2 Å². The van der Waals surface area contributed by atoms with Crippen LogP contribution in [0.2, 0.25) is 0 Å². The van der Waals surface area contributed by atoms with Gasteiger partial charge in [-0.25, -0.2) is 14.6 Å². The molecule has 0 aromatic carbocycles. The first-order valence-electron chi connectivity index (χ1n) is 14.7. The Morgan fingerprint density at radius 1 is 0.659 bits per heavy atom. The highest BCUT2D eigenvalue weighted by atomic mass is 16.6. The molecule has 0 aliphatic carbocycles. The lowest BCUT2D eigenvalue weighted by Gasteiger charge is -2.43. The summed E-state index contributed by atoms with van der Waals surface area (Å²) in [5.41, 5.74) is 4.26.